The van der Waals surface area contributed by atoms with Crippen LogP contribution in [0.25, 0.3) is 0 Å². The third-order valence-corrected chi connectivity index (χ3v) is 2.70. The Morgan fingerprint density at radius 1 is 1.35 bits per heavy atom. The SMILES string of the molecule is Cc1c(O)c(=O)ccn1CCCCCC(=O)O. The first kappa shape index (κ1) is 13.3. The number of hydrogen-bond donors (Lipinski definition) is 2. The molecular weight excluding hydrogens is 222 g/mol. The Bertz CT molecular complexity index is 450. The predicted molar refractivity (Wildman–Crippen MR) is 63.2 cm³/mol. The van der Waals surface area contributed by atoms with Gasteiger partial charge in [-0.05, 0) is 19.8 Å². The molecule has 0 saturated heterocycles. The maximum absolute atomic E-state index is 11.1. The summed E-state index contributed by atoms with van der Waals surface area (Å²) in [5.41, 5.74) is 0.181. The van der Waals surface area contributed by atoms with Crippen LogP contribution < -0.4 is 5.43 Å². The van der Waals surface area contributed by atoms with Crippen LogP contribution in [0.3, 0.4) is 0 Å². The molecule has 0 aliphatic rings. The second kappa shape index (κ2) is 6.08. The molecule has 0 unspecified atom stereocenters. The van der Waals surface area contributed by atoms with E-state index in [9.17, 15) is 14.7 Å². The molecule has 0 bridgehead atoms. The highest BCUT2D eigenvalue weighted by Crippen LogP contribution is 2.11. The van der Waals surface area contributed by atoms with E-state index in [2.05, 4.69) is 0 Å². The van der Waals surface area contributed by atoms with Gasteiger partial charge in [0.05, 0.1) is 5.69 Å². The predicted octanol–water partition coefficient (Wildman–Crippen LogP) is 1.51. The molecule has 2 N–H and O–H groups in total. The summed E-state index contributed by atoms with van der Waals surface area (Å²) in [5, 5.41) is 17.9. The van der Waals surface area contributed by atoms with Gasteiger partial charge in [-0.3, -0.25) is 9.59 Å². The van der Waals surface area contributed by atoms with E-state index in [0.29, 0.717) is 18.7 Å². The van der Waals surface area contributed by atoms with Gasteiger partial charge in [0.2, 0.25) is 5.43 Å². The second-order valence-corrected chi connectivity index (χ2v) is 4.01. The van der Waals surface area contributed by atoms with Crippen molar-refractivity contribution in [1.82, 2.24) is 4.57 Å². The largest absolute Gasteiger partial charge is 0.503 e. The smallest absolute Gasteiger partial charge is 0.303 e. The molecule has 0 saturated carbocycles. The number of carboxylic acid groups (broad SMARTS) is 1. The number of unbranched alkanes of at least 4 members (excludes halogenated alkanes) is 2. The fraction of sp³-hybridized carbons (Fsp3) is 0.500. The van der Waals surface area contributed by atoms with Gasteiger partial charge >= 0.3 is 5.97 Å². The number of rotatable bonds is 6. The molecule has 5 heteroatoms. The van der Waals surface area contributed by atoms with Crippen LogP contribution in [0.5, 0.6) is 5.75 Å². The van der Waals surface area contributed by atoms with E-state index in [1.165, 1.54) is 6.07 Å². The van der Waals surface area contributed by atoms with Crippen LogP contribution in [-0.4, -0.2) is 20.7 Å². The zero-order valence-corrected chi connectivity index (χ0v) is 9.85. The van der Waals surface area contributed by atoms with Crippen molar-refractivity contribution >= 4 is 5.97 Å². The summed E-state index contributed by atoms with van der Waals surface area (Å²) >= 11 is 0. The maximum Gasteiger partial charge on any atom is 0.303 e. The molecule has 0 aliphatic carbocycles. The highest BCUT2D eigenvalue weighted by atomic mass is 16.4. The highest BCUT2D eigenvalue weighted by molar-refractivity contribution is 5.66. The van der Waals surface area contributed by atoms with Crippen LogP contribution in [0.2, 0.25) is 0 Å². The monoisotopic (exact) mass is 239 g/mol. The minimum atomic E-state index is -0.776. The molecule has 0 atom stereocenters. The van der Waals surface area contributed by atoms with Crippen molar-refractivity contribution in [2.24, 2.45) is 0 Å². The molecule has 1 aromatic rings. The van der Waals surface area contributed by atoms with Gasteiger partial charge in [-0.15, -0.1) is 0 Å². The van der Waals surface area contributed by atoms with Gasteiger partial charge in [0.25, 0.3) is 0 Å². The number of aryl methyl sites for hydroxylation is 1. The topological polar surface area (TPSA) is 79.5 Å². The molecule has 0 aromatic carbocycles. The molecule has 0 aliphatic heterocycles. The van der Waals surface area contributed by atoms with E-state index in [1.54, 1.807) is 17.7 Å². The van der Waals surface area contributed by atoms with Crippen LogP contribution >= 0.6 is 0 Å². The first-order valence-electron chi connectivity index (χ1n) is 5.63. The number of pyridine rings is 1. The summed E-state index contributed by atoms with van der Waals surface area (Å²) in [6.45, 7) is 2.37. The van der Waals surface area contributed by atoms with Crippen LogP contribution in [0.15, 0.2) is 17.1 Å². The Labute approximate surface area is 99.3 Å². The van der Waals surface area contributed by atoms with Gasteiger partial charge in [0, 0.05) is 25.2 Å². The van der Waals surface area contributed by atoms with Gasteiger partial charge < -0.3 is 14.8 Å². The zero-order chi connectivity index (χ0) is 12.8. The molecule has 17 heavy (non-hydrogen) atoms. The van der Waals surface area contributed by atoms with Crippen LogP contribution in [0.1, 0.15) is 31.4 Å². The average molecular weight is 239 g/mol. The minimum absolute atomic E-state index is 0.189. The lowest BCUT2D eigenvalue weighted by Gasteiger charge is -2.10. The third kappa shape index (κ3) is 3.94. The van der Waals surface area contributed by atoms with E-state index in [1.807, 2.05) is 0 Å². The lowest BCUT2D eigenvalue weighted by atomic mass is 10.2. The quantitative estimate of drug-likeness (QED) is 0.737. The fourth-order valence-corrected chi connectivity index (χ4v) is 1.64. The lowest BCUT2D eigenvalue weighted by Crippen LogP contribution is -2.10. The van der Waals surface area contributed by atoms with Gasteiger partial charge in [-0.25, -0.2) is 0 Å². The molecule has 1 aromatic heterocycles. The standard InChI is InChI=1S/C12H17NO4/c1-9-12(17)10(14)6-8-13(9)7-4-2-3-5-11(15)16/h6,8,17H,2-5,7H2,1H3,(H,15,16). The number of hydrogen-bond acceptors (Lipinski definition) is 3. The Morgan fingerprint density at radius 3 is 2.71 bits per heavy atom. The van der Waals surface area contributed by atoms with Crippen molar-refractivity contribution in [3.63, 3.8) is 0 Å². The first-order valence-corrected chi connectivity index (χ1v) is 5.63. The number of aromatic nitrogens is 1. The molecule has 1 rings (SSSR count). The van der Waals surface area contributed by atoms with Crippen LogP contribution in [-0.2, 0) is 11.3 Å². The highest BCUT2D eigenvalue weighted by Gasteiger charge is 2.04. The Balaban J connectivity index is 2.45. The minimum Gasteiger partial charge on any atom is -0.503 e. The van der Waals surface area contributed by atoms with E-state index in [-0.39, 0.29) is 17.6 Å². The van der Waals surface area contributed by atoms with E-state index >= 15 is 0 Å². The van der Waals surface area contributed by atoms with Crippen LogP contribution in [0, 0.1) is 6.92 Å². The number of carbonyl (C=O) groups is 1. The summed E-state index contributed by atoms with van der Waals surface area (Å²) in [5.74, 6) is -0.986. The normalized spacial score (nSPS) is 10.4. The van der Waals surface area contributed by atoms with Gasteiger partial charge in [-0.1, -0.05) is 6.42 Å². The van der Waals surface area contributed by atoms with Gasteiger partial charge in [0.15, 0.2) is 5.75 Å². The molecule has 0 spiro atoms. The Morgan fingerprint density at radius 2 is 2.06 bits per heavy atom. The lowest BCUT2D eigenvalue weighted by molar-refractivity contribution is -0.137. The van der Waals surface area contributed by atoms with Crippen LogP contribution in [0.4, 0.5) is 0 Å². The maximum atomic E-state index is 11.1. The van der Waals surface area contributed by atoms with E-state index in [0.717, 1.165) is 12.8 Å². The first-order chi connectivity index (χ1) is 8.02. The molecule has 5 nitrogen and oxygen atoms in total. The average Bonchev–Trinajstić information content (AvgIpc) is 2.28. The van der Waals surface area contributed by atoms with Crippen molar-refractivity contribution in [2.75, 3.05) is 0 Å². The van der Waals surface area contributed by atoms with E-state index < -0.39 is 5.97 Å². The Kier molecular flexibility index (Phi) is 4.75. The molecule has 94 valence electrons. The van der Waals surface area contributed by atoms with Gasteiger partial charge in [-0.2, -0.15) is 0 Å². The number of aliphatic carboxylic acids is 1. The van der Waals surface area contributed by atoms with Gasteiger partial charge in [0.1, 0.15) is 0 Å². The second-order valence-electron chi connectivity index (χ2n) is 4.01. The summed E-state index contributed by atoms with van der Waals surface area (Å²) in [6.07, 6.45) is 4.14. The summed E-state index contributed by atoms with van der Waals surface area (Å²) in [6, 6.07) is 1.33. The summed E-state index contributed by atoms with van der Waals surface area (Å²) in [4.78, 5) is 21.4. The number of aromatic hydroxyl groups is 1. The van der Waals surface area contributed by atoms with E-state index in [4.69, 9.17) is 5.11 Å². The molecule has 1 heterocycles. The number of carboxylic acids is 1. The Hall–Kier alpha value is -1.78. The zero-order valence-electron chi connectivity index (χ0n) is 9.85. The summed E-state index contributed by atoms with van der Waals surface area (Å²) in [7, 11) is 0. The fourth-order valence-electron chi connectivity index (χ4n) is 1.64. The summed E-state index contributed by atoms with van der Waals surface area (Å²) < 4.78 is 1.80. The van der Waals surface area contributed by atoms with Crippen molar-refractivity contribution < 1.29 is 15.0 Å². The molecular formula is C12H17NO4. The van der Waals surface area contributed by atoms with Crippen molar-refractivity contribution in [3.8, 4) is 5.75 Å². The molecule has 0 radical (unpaired) electrons. The third-order valence-electron chi connectivity index (χ3n) is 2.70. The van der Waals surface area contributed by atoms with Crippen molar-refractivity contribution in [1.29, 1.82) is 0 Å². The number of nitrogens with zero attached hydrogens (tertiary/aromatic N) is 1. The van der Waals surface area contributed by atoms with Crippen molar-refractivity contribution in [2.45, 2.75) is 39.2 Å². The molecule has 0 amide bonds. The van der Waals surface area contributed by atoms with Crippen molar-refractivity contribution in [3.05, 3.63) is 28.2 Å². The molecule has 0 fully saturated rings.